The quantitative estimate of drug-likeness (QED) is 0.800. The molecule has 0 radical (unpaired) electrons. The third kappa shape index (κ3) is 3.57. The van der Waals surface area contributed by atoms with Crippen LogP contribution in [-0.4, -0.2) is 23.6 Å². The number of nitrogens with one attached hydrogen (secondary N) is 1. The predicted molar refractivity (Wildman–Crippen MR) is 64.5 cm³/mol. The summed E-state index contributed by atoms with van der Waals surface area (Å²) in [4.78, 5) is 16.9. The van der Waals surface area contributed by atoms with Crippen LogP contribution in [0.25, 0.3) is 0 Å². The van der Waals surface area contributed by atoms with Gasteiger partial charge in [-0.2, -0.15) is 0 Å². The van der Waals surface area contributed by atoms with E-state index in [0.717, 1.165) is 10.7 Å². The van der Waals surface area contributed by atoms with Crippen LogP contribution in [0.4, 0.5) is 0 Å². The molecule has 0 bridgehead atoms. The highest BCUT2D eigenvalue weighted by Gasteiger charge is 2.13. The van der Waals surface area contributed by atoms with Crippen LogP contribution in [0.1, 0.15) is 29.4 Å². The van der Waals surface area contributed by atoms with Gasteiger partial charge >= 0.3 is 5.97 Å². The Morgan fingerprint density at radius 1 is 1.56 bits per heavy atom. The Labute approximate surface area is 100 Å². The average molecular weight is 242 g/mol. The van der Waals surface area contributed by atoms with Crippen LogP contribution in [0.3, 0.4) is 0 Å². The van der Waals surface area contributed by atoms with Crippen LogP contribution in [0.5, 0.6) is 0 Å². The van der Waals surface area contributed by atoms with Gasteiger partial charge in [0.25, 0.3) is 0 Å². The molecule has 0 saturated carbocycles. The van der Waals surface area contributed by atoms with Crippen molar-refractivity contribution in [1.29, 1.82) is 0 Å². The van der Waals surface area contributed by atoms with Crippen molar-refractivity contribution in [1.82, 2.24) is 10.3 Å². The highest BCUT2D eigenvalue weighted by Crippen LogP contribution is 2.16. The first-order chi connectivity index (χ1) is 7.54. The minimum Gasteiger partial charge on any atom is -0.465 e. The van der Waals surface area contributed by atoms with Crippen molar-refractivity contribution in [3.05, 3.63) is 15.6 Å². The van der Waals surface area contributed by atoms with Crippen LogP contribution in [0.2, 0.25) is 0 Å². The molecular formula is C11H18N2O2S. The van der Waals surface area contributed by atoms with Crippen molar-refractivity contribution in [2.45, 2.75) is 40.3 Å². The van der Waals surface area contributed by atoms with Gasteiger partial charge in [0.2, 0.25) is 0 Å². The molecule has 0 fully saturated rings. The standard InChI is InChI=1S/C11H18N2O2S/c1-5-15-11(14)8(3)12-6-10-13-7(2)9(4)16-10/h8,12H,5-6H2,1-4H3. The predicted octanol–water partition coefficient (Wildman–Crippen LogP) is 1.80. The van der Waals surface area contributed by atoms with Crippen LogP contribution >= 0.6 is 11.3 Å². The molecule has 0 aliphatic carbocycles. The number of hydrogen-bond donors (Lipinski definition) is 1. The molecule has 1 atom stereocenters. The highest BCUT2D eigenvalue weighted by atomic mass is 32.1. The maximum atomic E-state index is 11.3. The van der Waals surface area contributed by atoms with Crippen molar-refractivity contribution in [3.8, 4) is 0 Å². The second kappa shape index (κ2) is 5.96. The van der Waals surface area contributed by atoms with E-state index in [1.807, 2.05) is 13.8 Å². The summed E-state index contributed by atoms with van der Waals surface area (Å²) in [5.41, 5.74) is 1.06. The Morgan fingerprint density at radius 3 is 2.75 bits per heavy atom. The van der Waals surface area contributed by atoms with Crippen molar-refractivity contribution in [3.63, 3.8) is 0 Å². The maximum Gasteiger partial charge on any atom is 0.322 e. The maximum absolute atomic E-state index is 11.3. The third-order valence-corrected chi connectivity index (χ3v) is 3.35. The Morgan fingerprint density at radius 2 is 2.25 bits per heavy atom. The number of ether oxygens (including phenoxy) is 1. The van der Waals surface area contributed by atoms with Crippen molar-refractivity contribution >= 4 is 17.3 Å². The summed E-state index contributed by atoms with van der Waals surface area (Å²) in [6.07, 6.45) is 0. The Balaban J connectivity index is 2.42. The summed E-state index contributed by atoms with van der Waals surface area (Å²) in [6, 6.07) is -0.288. The van der Waals surface area contributed by atoms with Gasteiger partial charge < -0.3 is 4.74 Å². The number of carbonyl (C=O) groups excluding carboxylic acids is 1. The molecule has 0 aromatic carbocycles. The first-order valence-corrected chi connectivity index (χ1v) is 6.19. The fourth-order valence-corrected chi connectivity index (χ4v) is 2.09. The zero-order chi connectivity index (χ0) is 12.1. The lowest BCUT2D eigenvalue weighted by Gasteiger charge is -2.10. The lowest BCUT2D eigenvalue weighted by molar-refractivity contribution is -0.145. The summed E-state index contributed by atoms with van der Waals surface area (Å²) in [5.74, 6) is -0.215. The van der Waals surface area contributed by atoms with E-state index in [-0.39, 0.29) is 12.0 Å². The second-order valence-electron chi connectivity index (χ2n) is 3.60. The van der Waals surface area contributed by atoms with E-state index in [4.69, 9.17) is 4.74 Å². The smallest absolute Gasteiger partial charge is 0.322 e. The summed E-state index contributed by atoms with van der Waals surface area (Å²) in [7, 11) is 0. The number of rotatable bonds is 5. The molecule has 90 valence electrons. The van der Waals surface area contributed by atoms with E-state index in [9.17, 15) is 4.79 Å². The molecule has 1 unspecified atom stereocenters. The van der Waals surface area contributed by atoms with Gasteiger partial charge in [-0.25, -0.2) is 4.98 Å². The average Bonchev–Trinajstić information content (AvgIpc) is 2.55. The molecule has 0 spiro atoms. The molecule has 1 rings (SSSR count). The Bertz CT molecular complexity index is 343. The van der Waals surface area contributed by atoms with Crippen LogP contribution < -0.4 is 5.32 Å². The lowest BCUT2D eigenvalue weighted by atomic mass is 10.3. The van der Waals surface area contributed by atoms with Crippen LogP contribution in [0.15, 0.2) is 0 Å². The van der Waals surface area contributed by atoms with Gasteiger partial charge in [-0.05, 0) is 27.7 Å². The number of carbonyl (C=O) groups is 1. The molecule has 1 aromatic rings. The van der Waals surface area contributed by atoms with Gasteiger partial charge in [-0.1, -0.05) is 0 Å². The van der Waals surface area contributed by atoms with E-state index in [0.29, 0.717) is 13.2 Å². The minimum atomic E-state index is -0.288. The normalized spacial score (nSPS) is 12.5. The molecule has 1 heterocycles. The van der Waals surface area contributed by atoms with E-state index >= 15 is 0 Å². The topological polar surface area (TPSA) is 51.2 Å². The van der Waals surface area contributed by atoms with Crippen LogP contribution in [-0.2, 0) is 16.1 Å². The van der Waals surface area contributed by atoms with Gasteiger partial charge in [-0.15, -0.1) is 11.3 Å². The van der Waals surface area contributed by atoms with Gasteiger partial charge in [-0.3, -0.25) is 10.1 Å². The first kappa shape index (κ1) is 13.1. The number of esters is 1. The van der Waals surface area contributed by atoms with E-state index < -0.39 is 0 Å². The Hall–Kier alpha value is -0.940. The summed E-state index contributed by atoms with van der Waals surface area (Å²) in [6.45, 7) is 8.67. The van der Waals surface area contributed by atoms with Crippen molar-refractivity contribution < 1.29 is 9.53 Å². The summed E-state index contributed by atoms with van der Waals surface area (Å²) >= 11 is 1.66. The molecule has 0 saturated heterocycles. The molecular weight excluding hydrogens is 224 g/mol. The minimum absolute atomic E-state index is 0.215. The number of aromatic nitrogens is 1. The Kier molecular flexibility index (Phi) is 4.89. The van der Waals surface area contributed by atoms with Gasteiger partial charge in [0.15, 0.2) is 0 Å². The number of thiazole rings is 1. The fraction of sp³-hybridized carbons (Fsp3) is 0.636. The molecule has 5 heteroatoms. The lowest BCUT2D eigenvalue weighted by Crippen LogP contribution is -2.34. The summed E-state index contributed by atoms with van der Waals surface area (Å²) in [5, 5.41) is 4.10. The van der Waals surface area contributed by atoms with E-state index in [1.54, 1.807) is 25.2 Å². The van der Waals surface area contributed by atoms with Gasteiger partial charge in [0.1, 0.15) is 11.0 Å². The SMILES string of the molecule is CCOC(=O)C(C)NCc1nc(C)c(C)s1. The number of aryl methyl sites for hydroxylation is 2. The molecule has 0 aliphatic rings. The van der Waals surface area contributed by atoms with E-state index in [1.165, 1.54) is 4.88 Å². The third-order valence-electron chi connectivity index (χ3n) is 2.27. The fourth-order valence-electron chi connectivity index (χ4n) is 1.21. The van der Waals surface area contributed by atoms with E-state index in [2.05, 4.69) is 10.3 Å². The van der Waals surface area contributed by atoms with Gasteiger partial charge in [0.05, 0.1) is 12.3 Å². The molecule has 4 nitrogen and oxygen atoms in total. The largest absolute Gasteiger partial charge is 0.465 e. The monoisotopic (exact) mass is 242 g/mol. The second-order valence-corrected chi connectivity index (χ2v) is 4.89. The van der Waals surface area contributed by atoms with Crippen molar-refractivity contribution in [2.75, 3.05) is 6.61 Å². The molecule has 1 aromatic heterocycles. The van der Waals surface area contributed by atoms with Gasteiger partial charge in [0, 0.05) is 11.4 Å². The van der Waals surface area contributed by atoms with Crippen molar-refractivity contribution in [2.24, 2.45) is 0 Å². The number of nitrogens with zero attached hydrogens (tertiary/aromatic N) is 1. The first-order valence-electron chi connectivity index (χ1n) is 5.37. The molecule has 0 amide bonds. The van der Waals surface area contributed by atoms with Crippen LogP contribution in [0, 0.1) is 13.8 Å². The summed E-state index contributed by atoms with van der Waals surface area (Å²) < 4.78 is 4.90. The zero-order valence-electron chi connectivity index (χ0n) is 10.2. The molecule has 0 aliphatic heterocycles. The molecule has 1 N–H and O–H groups in total. The highest BCUT2D eigenvalue weighted by molar-refractivity contribution is 7.11. The molecule has 16 heavy (non-hydrogen) atoms. The zero-order valence-corrected chi connectivity index (χ0v) is 11.0. The number of hydrogen-bond acceptors (Lipinski definition) is 5.